The van der Waals surface area contributed by atoms with E-state index in [1.807, 2.05) is 0 Å². The highest BCUT2D eigenvalue weighted by molar-refractivity contribution is 9.10. The normalized spacial score (nSPS) is 17.9. The minimum Gasteiger partial charge on any atom is -0.505 e. The molecule has 5 heteroatoms. The van der Waals surface area contributed by atoms with Gasteiger partial charge in [0.25, 0.3) is 0 Å². The van der Waals surface area contributed by atoms with Crippen LogP contribution in [0.1, 0.15) is 24.4 Å². The van der Waals surface area contributed by atoms with Gasteiger partial charge in [0.1, 0.15) is 0 Å². The van der Waals surface area contributed by atoms with Crippen molar-refractivity contribution in [3.05, 3.63) is 27.7 Å². The van der Waals surface area contributed by atoms with Gasteiger partial charge in [-0.3, -0.25) is 0 Å². The molecule has 2 nitrogen and oxygen atoms in total. The summed E-state index contributed by atoms with van der Waals surface area (Å²) in [6, 6.07) is 0.924. The van der Waals surface area contributed by atoms with Crippen molar-refractivity contribution < 1.29 is 13.9 Å². The Kier molecular flexibility index (Phi) is 2.68. The zero-order valence-electron chi connectivity index (χ0n) is 7.80. The third-order valence-electron chi connectivity index (χ3n) is 2.65. The van der Waals surface area contributed by atoms with Gasteiger partial charge in [-0.1, -0.05) is 0 Å². The molecule has 82 valence electrons. The fraction of sp³-hybridized carbons (Fsp3) is 0.400. The molecule has 3 N–H and O–H groups in total. The number of halogens is 3. The van der Waals surface area contributed by atoms with Crippen molar-refractivity contribution in [3.8, 4) is 5.75 Å². The summed E-state index contributed by atoms with van der Waals surface area (Å²) in [5, 5.41) is 9.43. The summed E-state index contributed by atoms with van der Waals surface area (Å²) in [6.45, 7) is 0. The number of benzene rings is 1. The maximum atomic E-state index is 13.2. The summed E-state index contributed by atoms with van der Waals surface area (Å²) in [5.74, 6) is -2.72. The molecular formula is C10H10BrF2NO. The third kappa shape index (κ3) is 1.86. The Hall–Kier alpha value is -0.680. The summed E-state index contributed by atoms with van der Waals surface area (Å²) in [5.41, 5.74) is 6.09. The van der Waals surface area contributed by atoms with Crippen LogP contribution in [0.25, 0.3) is 0 Å². The minimum absolute atomic E-state index is 0.0103. The zero-order valence-corrected chi connectivity index (χ0v) is 9.39. The van der Waals surface area contributed by atoms with Crippen molar-refractivity contribution in [1.29, 1.82) is 0 Å². The van der Waals surface area contributed by atoms with Gasteiger partial charge < -0.3 is 10.8 Å². The Bertz CT molecular complexity index is 407. The molecule has 1 aromatic carbocycles. The number of phenolic OH excluding ortho intramolecular Hbond substituents is 1. The molecule has 1 fully saturated rings. The number of phenols is 1. The molecule has 0 radical (unpaired) electrons. The van der Waals surface area contributed by atoms with Gasteiger partial charge in [0, 0.05) is 11.6 Å². The Labute approximate surface area is 94.2 Å². The van der Waals surface area contributed by atoms with Crippen molar-refractivity contribution in [2.45, 2.75) is 18.9 Å². The van der Waals surface area contributed by atoms with E-state index in [-0.39, 0.29) is 16.0 Å². The van der Waals surface area contributed by atoms with Crippen molar-refractivity contribution >= 4 is 15.9 Å². The summed E-state index contributed by atoms with van der Waals surface area (Å²) in [7, 11) is 0. The summed E-state index contributed by atoms with van der Waals surface area (Å²) < 4.78 is 26.2. The van der Waals surface area contributed by atoms with Crippen LogP contribution in [0, 0.1) is 17.6 Å². The Morgan fingerprint density at radius 1 is 1.40 bits per heavy atom. The highest BCUT2D eigenvalue weighted by Gasteiger charge is 2.32. The van der Waals surface area contributed by atoms with E-state index in [2.05, 4.69) is 15.9 Å². The fourth-order valence-corrected chi connectivity index (χ4v) is 1.99. The van der Waals surface area contributed by atoms with E-state index in [1.54, 1.807) is 0 Å². The van der Waals surface area contributed by atoms with E-state index in [9.17, 15) is 13.9 Å². The lowest BCUT2D eigenvalue weighted by molar-refractivity contribution is 0.392. The van der Waals surface area contributed by atoms with E-state index in [0.29, 0.717) is 0 Å². The number of hydrogen-bond donors (Lipinski definition) is 2. The van der Waals surface area contributed by atoms with E-state index in [1.165, 1.54) is 6.07 Å². The highest BCUT2D eigenvalue weighted by Crippen LogP contribution is 2.43. The molecule has 0 bridgehead atoms. The molecule has 1 saturated carbocycles. The van der Waals surface area contributed by atoms with Crippen LogP contribution in [0.2, 0.25) is 0 Å². The lowest BCUT2D eigenvalue weighted by Gasteiger charge is -2.14. The Morgan fingerprint density at radius 2 is 2.00 bits per heavy atom. The maximum Gasteiger partial charge on any atom is 0.201 e. The molecule has 0 spiro atoms. The molecule has 1 aliphatic carbocycles. The minimum atomic E-state index is -1.24. The van der Waals surface area contributed by atoms with E-state index in [0.717, 1.165) is 12.8 Å². The van der Waals surface area contributed by atoms with Gasteiger partial charge >= 0.3 is 0 Å². The monoisotopic (exact) mass is 277 g/mol. The van der Waals surface area contributed by atoms with Crippen molar-refractivity contribution in [1.82, 2.24) is 0 Å². The molecule has 0 heterocycles. The molecule has 0 aliphatic heterocycles. The SMILES string of the molecule is N[C@H](c1cc(Br)c(F)c(F)c1O)C1CC1. The van der Waals surface area contributed by atoms with Crippen LogP contribution in [0.15, 0.2) is 10.5 Å². The highest BCUT2D eigenvalue weighted by atomic mass is 79.9. The first kappa shape index (κ1) is 10.8. The van der Waals surface area contributed by atoms with Crippen LogP contribution >= 0.6 is 15.9 Å². The van der Waals surface area contributed by atoms with Crippen LogP contribution in [0.3, 0.4) is 0 Å². The van der Waals surface area contributed by atoms with Gasteiger partial charge in [0.05, 0.1) is 4.47 Å². The predicted molar refractivity (Wildman–Crippen MR) is 55.4 cm³/mol. The van der Waals surface area contributed by atoms with Crippen LogP contribution in [-0.4, -0.2) is 5.11 Å². The molecule has 2 rings (SSSR count). The number of rotatable bonds is 2. The van der Waals surface area contributed by atoms with E-state index in [4.69, 9.17) is 5.73 Å². The van der Waals surface area contributed by atoms with Gasteiger partial charge in [-0.15, -0.1) is 0 Å². The van der Waals surface area contributed by atoms with Crippen LogP contribution in [-0.2, 0) is 0 Å². The molecule has 0 amide bonds. The smallest absolute Gasteiger partial charge is 0.201 e. The summed E-state index contributed by atoms with van der Waals surface area (Å²) in [6.07, 6.45) is 1.94. The van der Waals surface area contributed by atoms with Crippen LogP contribution in [0.5, 0.6) is 5.75 Å². The van der Waals surface area contributed by atoms with Crippen LogP contribution in [0.4, 0.5) is 8.78 Å². The quantitative estimate of drug-likeness (QED) is 0.817. The molecule has 0 saturated heterocycles. The van der Waals surface area contributed by atoms with Crippen LogP contribution < -0.4 is 5.73 Å². The van der Waals surface area contributed by atoms with E-state index >= 15 is 0 Å². The molecule has 0 aromatic heterocycles. The Morgan fingerprint density at radius 3 is 2.53 bits per heavy atom. The molecular weight excluding hydrogens is 268 g/mol. The van der Waals surface area contributed by atoms with Gasteiger partial charge in [0.2, 0.25) is 5.82 Å². The average molecular weight is 278 g/mol. The number of hydrogen-bond acceptors (Lipinski definition) is 2. The van der Waals surface area contributed by atoms with E-state index < -0.39 is 23.4 Å². The van der Waals surface area contributed by atoms with Crippen molar-refractivity contribution in [2.24, 2.45) is 11.7 Å². The van der Waals surface area contributed by atoms with Gasteiger partial charge in [-0.05, 0) is 40.8 Å². The summed E-state index contributed by atoms with van der Waals surface area (Å²) in [4.78, 5) is 0. The molecule has 1 aromatic rings. The topological polar surface area (TPSA) is 46.2 Å². The second-order valence-electron chi connectivity index (χ2n) is 3.79. The first-order valence-corrected chi connectivity index (χ1v) is 5.43. The maximum absolute atomic E-state index is 13.2. The lowest BCUT2D eigenvalue weighted by Crippen LogP contribution is -2.13. The number of nitrogens with two attached hydrogens (primary N) is 1. The Balaban J connectivity index is 2.46. The second kappa shape index (κ2) is 3.72. The second-order valence-corrected chi connectivity index (χ2v) is 4.64. The zero-order chi connectivity index (χ0) is 11.2. The van der Waals surface area contributed by atoms with Crippen molar-refractivity contribution in [3.63, 3.8) is 0 Å². The third-order valence-corrected chi connectivity index (χ3v) is 3.23. The summed E-state index contributed by atoms with van der Waals surface area (Å²) >= 11 is 2.89. The first-order chi connectivity index (χ1) is 7.02. The lowest BCUT2D eigenvalue weighted by atomic mass is 10.0. The van der Waals surface area contributed by atoms with Crippen molar-refractivity contribution in [2.75, 3.05) is 0 Å². The first-order valence-electron chi connectivity index (χ1n) is 4.64. The standard InChI is InChI=1S/C10H10BrF2NO/c11-6-3-5(9(14)4-1-2-4)10(15)8(13)7(6)12/h3-4,9,15H,1-2,14H2/t9-/m0/s1. The molecule has 1 aliphatic rings. The average Bonchev–Trinajstić information content (AvgIpc) is 3.03. The fourth-order valence-electron chi connectivity index (χ4n) is 1.57. The largest absolute Gasteiger partial charge is 0.505 e. The number of aromatic hydroxyl groups is 1. The van der Waals surface area contributed by atoms with Gasteiger partial charge in [-0.25, -0.2) is 4.39 Å². The van der Waals surface area contributed by atoms with Gasteiger partial charge in [0.15, 0.2) is 11.6 Å². The molecule has 0 unspecified atom stereocenters. The predicted octanol–water partition coefficient (Wildman–Crippen LogP) is 2.84. The molecule has 1 atom stereocenters. The molecule has 15 heavy (non-hydrogen) atoms. The van der Waals surface area contributed by atoms with Gasteiger partial charge in [-0.2, -0.15) is 4.39 Å².